The van der Waals surface area contributed by atoms with Crippen molar-refractivity contribution in [3.8, 4) is 5.75 Å². The summed E-state index contributed by atoms with van der Waals surface area (Å²) in [6, 6.07) is 0. The molecule has 1 rings (SSSR count). The SMILES string of the molecule is CCNc1ncnc(NCC(C)(C)OCC)c1OC. The van der Waals surface area contributed by atoms with E-state index in [-0.39, 0.29) is 5.60 Å². The van der Waals surface area contributed by atoms with Crippen molar-refractivity contribution >= 4 is 11.6 Å². The zero-order chi connectivity index (χ0) is 14.3. The summed E-state index contributed by atoms with van der Waals surface area (Å²) in [6.45, 7) is 10.1. The molecule has 1 aromatic rings. The number of nitrogens with zero attached hydrogens (tertiary/aromatic N) is 2. The Morgan fingerprint density at radius 1 is 1.16 bits per heavy atom. The number of ether oxygens (including phenoxy) is 2. The van der Waals surface area contributed by atoms with E-state index in [1.165, 1.54) is 6.33 Å². The monoisotopic (exact) mass is 268 g/mol. The molecule has 1 aromatic heterocycles. The van der Waals surface area contributed by atoms with E-state index >= 15 is 0 Å². The molecular formula is C13H24N4O2. The Morgan fingerprint density at radius 3 is 2.32 bits per heavy atom. The van der Waals surface area contributed by atoms with Gasteiger partial charge in [0.25, 0.3) is 0 Å². The Kier molecular flexibility index (Phi) is 5.82. The maximum absolute atomic E-state index is 5.64. The van der Waals surface area contributed by atoms with Crippen molar-refractivity contribution in [2.24, 2.45) is 0 Å². The lowest BCUT2D eigenvalue weighted by Gasteiger charge is -2.25. The van der Waals surface area contributed by atoms with Crippen LogP contribution in [0.1, 0.15) is 27.7 Å². The first kappa shape index (κ1) is 15.5. The van der Waals surface area contributed by atoms with E-state index < -0.39 is 0 Å². The van der Waals surface area contributed by atoms with Gasteiger partial charge in [0.1, 0.15) is 6.33 Å². The normalized spacial score (nSPS) is 11.2. The van der Waals surface area contributed by atoms with E-state index in [4.69, 9.17) is 9.47 Å². The van der Waals surface area contributed by atoms with Gasteiger partial charge in [-0.3, -0.25) is 0 Å². The minimum Gasteiger partial charge on any atom is -0.490 e. The number of aromatic nitrogens is 2. The van der Waals surface area contributed by atoms with E-state index in [1.807, 2.05) is 27.7 Å². The molecule has 108 valence electrons. The quantitative estimate of drug-likeness (QED) is 0.753. The highest BCUT2D eigenvalue weighted by molar-refractivity contribution is 5.63. The molecule has 0 saturated heterocycles. The summed E-state index contributed by atoms with van der Waals surface area (Å²) in [5, 5.41) is 6.39. The predicted octanol–water partition coefficient (Wildman–Crippen LogP) is 2.14. The van der Waals surface area contributed by atoms with Crippen LogP contribution in [0.3, 0.4) is 0 Å². The van der Waals surface area contributed by atoms with E-state index in [1.54, 1.807) is 7.11 Å². The molecule has 0 aliphatic heterocycles. The molecule has 0 bridgehead atoms. The van der Waals surface area contributed by atoms with Gasteiger partial charge in [0.2, 0.25) is 5.75 Å². The molecule has 0 aliphatic rings. The second-order valence-electron chi connectivity index (χ2n) is 4.68. The molecule has 0 aliphatic carbocycles. The van der Waals surface area contributed by atoms with Crippen LogP contribution in [-0.4, -0.2) is 42.4 Å². The fraction of sp³-hybridized carbons (Fsp3) is 0.692. The first-order valence-corrected chi connectivity index (χ1v) is 6.54. The van der Waals surface area contributed by atoms with Gasteiger partial charge in [-0.05, 0) is 27.7 Å². The highest BCUT2D eigenvalue weighted by Gasteiger charge is 2.19. The molecule has 0 fully saturated rings. The minimum absolute atomic E-state index is 0.261. The number of nitrogens with one attached hydrogen (secondary N) is 2. The largest absolute Gasteiger partial charge is 0.490 e. The predicted molar refractivity (Wildman–Crippen MR) is 76.9 cm³/mol. The second-order valence-corrected chi connectivity index (χ2v) is 4.68. The third-order valence-electron chi connectivity index (χ3n) is 2.57. The molecule has 1 heterocycles. The standard InChI is InChI=1S/C13H24N4O2/c1-6-14-11-10(18-5)12(17-9-16-11)15-8-13(3,4)19-7-2/h9H,6-8H2,1-5H3,(H2,14,15,16,17). The fourth-order valence-electron chi connectivity index (χ4n) is 1.72. The van der Waals surface area contributed by atoms with Crippen molar-refractivity contribution < 1.29 is 9.47 Å². The van der Waals surface area contributed by atoms with Gasteiger partial charge in [0, 0.05) is 19.7 Å². The van der Waals surface area contributed by atoms with Gasteiger partial charge >= 0.3 is 0 Å². The Labute approximate surface area is 114 Å². The van der Waals surface area contributed by atoms with Crippen molar-refractivity contribution in [3.05, 3.63) is 6.33 Å². The van der Waals surface area contributed by atoms with E-state index in [0.717, 1.165) is 6.54 Å². The number of hydrogen-bond acceptors (Lipinski definition) is 6. The fourth-order valence-corrected chi connectivity index (χ4v) is 1.72. The summed E-state index contributed by atoms with van der Waals surface area (Å²) in [6.07, 6.45) is 1.51. The molecule has 19 heavy (non-hydrogen) atoms. The van der Waals surface area contributed by atoms with Gasteiger partial charge in [0.15, 0.2) is 11.6 Å². The maximum Gasteiger partial charge on any atom is 0.204 e. The summed E-state index contributed by atoms with van der Waals surface area (Å²) in [5.74, 6) is 1.98. The summed E-state index contributed by atoms with van der Waals surface area (Å²) in [4.78, 5) is 8.38. The zero-order valence-electron chi connectivity index (χ0n) is 12.4. The molecule has 0 unspecified atom stereocenters. The van der Waals surface area contributed by atoms with Gasteiger partial charge in [-0.2, -0.15) is 0 Å². The van der Waals surface area contributed by atoms with Crippen molar-refractivity contribution in [1.82, 2.24) is 9.97 Å². The lowest BCUT2D eigenvalue weighted by molar-refractivity contribution is 0.000617. The average molecular weight is 268 g/mol. The lowest BCUT2D eigenvalue weighted by atomic mass is 10.1. The van der Waals surface area contributed by atoms with E-state index in [9.17, 15) is 0 Å². The summed E-state index contributed by atoms with van der Waals surface area (Å²) in [5.41, 5.74) is -0.261. The van der Waals surface area contributed by atoms with Crippen molar-refractivity contribution in [3.63, 3.8) is 0 Å². The van der Waals surface area contributed by atoms with Crippen LogP contribution in [0.5, 0.6) is 5.75 Å². The number of hydrogen-bond donors (Lipinski definition) is 2. The van der Waals surface area contributed by atoms with Crippen molar-refractivity contribution in [2.45, 2.75) is 33.3 Å². The van der Waals surface area contributed by atoms with Crippen LogP contribution < -0.4 is 15.4 Å². The molecule has 6 heteroatoms. The third kappa shape index (κ3) is 4.55. The molecule has 0 radical (unpaired) electrons. The average Bonchev–Trinajstić information content (AvgIpc) is 2.37. The second kappa shape index (κ2) is 7.13. The first-order valence-electron chi connectivity index (χ1n) is 6.54. The van der Waals surface area contributed by atoms with Gasteiger partial charge in [-0.25, -0.2) is 9.97 Å². The molecular weight excluding hydrogens is 244 g/mol. The molecule has 0 aromatic carbocycles. The molecule has 0 spiro atoms. The number of rotatable bonds is 8. The van der Waals surface area contributed by atoms with Crippen molar-refractivity contribution in [2.75, 3.05) is 37.4 Å². The highest BCUT2D eigenvalue weighted by Crippen LogP contribution is 2.29. The van der Waals surface area contributed by atoms with Gasteiger partial charge in [-0.1, -0.05) is 0 Å². The Balaban J connectivity index is 2.80. The van der Waals surface area contributed by atoms with Crippen LogP contribution in [0.4, 0.5) is 11.6 Å². The summed E-state index contributed by atoms with van der Waals surface area (Å²) < 4.78 is 11.0. The van der Waals surface area contributed by atoms with Crippen LogP contribution >= 0.6 is 0 Å². The van der Waals surface area contributed by atoms with Gasteiger partial charge in [0.05, 0.1) is 12.7 Å². The third-order valence-corrected chi connectivity index (χ3v) is 2.57. The Bertz CT molecular complexity index is 396. The smallest absolute Gasteiger partial charge is 0.204 e. The molecule has 0 saturated carbocycles. The van der Waals surface area contributed by atoms with Crippen LogP contribution in [-0.2, 0) is 4.74 Å². The minimum atomic E-state index is -0.261. The van der Waals surface area contributed by atoms with Gasteiger partial charge in [-0.15, -0.1) is 0 Å². The number of anilines is 2. The molecule has 0 atom stereocenters. The van der Waals surface area contributed by atoms with Gasteiger partial charge < -0.3 is 20.1 Å². The maximum atomic E-state index is 5.64. The Morgan fingerprint density at radius 2 is 1.79 bits per heavy atom. The Hall–Kier alpha value is -1.56. The van der Waals surface area contributed by atoms with E-state index in [0.29, 0.717) is 30.5 Å². The highest BCUT2D eigenvalue weighted by atomic mass is 16.5. The zero-order valence-corrected chi connectivity index (χ0v) is 12.4. The van der Waals surface area contributed by atoms with Crippen LogP contribution in [0, 0.1) is 0 Å². The first-order chi connectivity index (χ1) is 9.04. The lowest BCUT2D eigenvalue weighted by Crippen LogP contribution is -2.33. The molecule has 2 N–H and O–H groups in total. The van der Waals surface area contributed by atoms with Crippen LogP contribution in [0.15, 0.2) is 6.33 Å². The van der Waals surface area contributed by atoms with E-state index in [2.05, 4.69) is 20.6 Å². The summed E-state index contributed by atoms with van der Waals surface area (Å²) >= 11 is 0. The molecule has 0 amide bonds. The number of methoxy groups -OCH3 is 1. The van der Waals surface area contributed by atoms with Crippen LogP contribution in [0.25, 0.3) is 0 Å². The molecule has 6 nitrogen and oxygen atoms in total. The van der Waals surface area contributed by atoms with Crippen molar-refractivity contribution in [1.29, 1.82) is 0 Å². The van der Waals surface area contributed by atoms with Crippen LogP contribution in [0.2, 0.25) is 0 Å². The summed E-state index contributed by atoms with van der Waals surface area (Å²) in [7, 11) is 1.61. The topological polar surface area (TPSA) is 68.3 Å².